The Morgan fingerprint density at radius 1 is 1.10 bits per heavy atom. The minimum absolute atomic E-state index is 0.0259. The number of thioether (sulfide) groups is 1. The Bertz CT molecular complexity index is 1250. The molecule has 1 aliphatic rings. The van der Waals surface area contributed by atoms with Gasteiger partial charge in [0.15, 0.2) is 5.16 Å². The second-order valence-electron chi connectivity index (χ2n) is 7.39. The fourth-order valence-corrected chi connectivity index (χ4v) is 5.45. The summed E-state index contributed by atoms with van der Waals surface area (Å²) in [6.07, 6.45) is 2.33. The van der Waals surface area contributed by atoms with E-state index in [0.29, 0.717) is 23.4 Å². The predicted octanol–water partition coefficient (Wildman–Crippen LogP) is 5.50. The van der Waals surface area contributed by atoms with E-state index in [0.717, 1.165) is 40.2 Å². The van der Waals surface area contributed by atoms with Gasteiger partial charge in [0, 0.05) is 5.75 Å². The Morgan fingerprint density at radius 3 is 2.55 bits per heavy atom. The van der Waals surface area contributed by atoms with Crippen LogP contribution in [0, 0.1) is 0 Å². The van der Waals surface area contributed by atoms with Gasteiger partial charge < -0.3 is 9.47 Å². The maximum atomic E-state index is 13.6. The lowest BCUT2D eigenvalue weighted by molar-refractivity contribution is 0.342. The zero-order chi connectivity index (χ0) is 21.2. The Balaban J connectivity index is 1.41. The molecule has 1 fully saturated rings. The highest BCUT2D eigenvalue weighted by Gasteiger charge is 2.29. The van der Waals surface area contributed by atoms with Gasteiger partial charge in [-0.3, -0.25) is 9.36 Å². The maximum Gasteiger partial charge on any atom is 0.267 e. The van der Waals surface area contributed by atoms with E-state index in [-0.39, 0.29) is 5.56 Å². The molecule has 5 rings (SSSR count). The van der Waals surface area contributed by atoms with Gasteiger partial charge in [0.1, 0.15) is 16.3 Å². The number of nitrogens with zero attached hydrogens (tertiary/aromatic N) is 2. The standard InChI is InChI=1S/C24H22N2O3S2/c1-28-18-9-11-19(12-10-18)29-13-14-30-24-25-22-21(20(15-31-22)16-7-8-16)23(27)26(24)17-5-3-2-4-6-17/h2-6,9-12,15-16H,7-8,13-14H2,1H3. The summed E-state index contributed by atoms with van der Waals surface area (Å²) in [4.78, 5) is 19.3. The third-order valence-electron chi connectivity index (χ3n) is 5.28. The molecular weight excluding hydrogens is 428 g/mol. The molecule has 0 N–H and O–H groups in total. The van der Waals surface area contributed by atoms with Gasteiger partial charge in [-0.25, -0.2) is 4.98 Å². The predicted molar refractivity (Wildman–Crippen MR) is 126 cm³/mol. The molecule has 1 saturated carbocycles. The highest BCUT2D eigenvalue weighted by atomic mass is 32.2. The Kier molecular flexibility index (Phi) is 5.70. The minimum atomic E-state index is 0.0259. The number of rotatable bonds is 8. The molecule has 0 amide bonds. The van der Waals surface area contributed by atoms with Gasteiger partial charge in [-0.05, 0) is 66.1 Å². The number of hydrogen-bond acceptors (Lipinski definition) is 6. The van der Waals surface area contributed by atoms with E-state index in [1.807, 2.05) is 54.6 Å². The van der Waals surface area contributed by atoms with Crippen molar-refractivity contribution in [2.24, 2.45) is 0 Å². The number of hydrogen-bond donors (Lipinski definition) is 0. The number of benzene rings is 2. The lowest BCUT2D eigenvalue weighted by Gasteiger charge is -2.13. The number of aromatic nitrogens is 2. The third kappa shape index (κ3) is 4.20. The van der Waals surface area contributed by atoms with Crippen LogP contribution in [0.3, 0.4) is 0 Å². The summed E-state index contributed by atoms with van der Waals surface area (Å²) in [5.74, 6) is 2.78. The van der Waals surface area contributed by atoms with Crippen LogP contribution in [0.15, 0.2) is 69.9 Å². The van der Waals surface area contributed by atoms with Crippen LogP contribution in [0.25, 0.3) is 15.9 Å². The van der Waals surface area contributed by atoms with Gasteiger partial charge in [-0.2, -0.15) is 0 Å². The normalized spacial score (nSPS) is 13.5. The van der Waals surface area contributed by atoms with E-state index in [2.05, 4.69) is 5.38 Å². The van der Waals surface area contributed by atoms with Crippen LogP contribution in [0.1, 0.15) is 24.3 Å². The molecule has 2 heterocycles. The molecular formula is C24H22N2O3S2. The molecule has 0 spiro atoms. The Hall–Kier alpha value is -2.77. The zero-order valence-corrected chi connectivity index (χ0v) is 18.7. The van der Waals surface area contributed by atoms with Crippen LogP contribution < -0.4 is 15.0 Å². The molecule has 2 aromatic heterocycles. The van der Waals surface area contributed by atoms with E-state index in [1.165, 1.54) is 17.3 Å². The Morgan fingerprint density at radius 2 is 1.84 bits per heavy atom. The molecule has 1 aliphatic carbocycles. The first-order valence-corrected chi connectivity index (χ1v) is 12.1. The summed E-state index contributed by atoms with van der Waals surface area (Å²) in [6, 6.07) is 17.3. The second kappa shape index (κ2) is 8.77. The first-order chi connectivity index (χ1) is 15.2. The van der Waals surface area contributed by atoms with Crippen molar-refractivity contribution in [3.8, 4) is 17.2 Å². The second-order valence-corrected chi connectivity index (χ2v) is 9.31. The molecule has 158 valence electrons. The van der Waals surface area contributed by atoms with E-state index < -0.39 is 0 Å². The number of para-hydroxylation sites is 1. The SMILES string of the molecule is COc1ccc(OCCSc2nc3scc(C4CC4)c3c(=O)n2-c2ccccc2)cc1. The van der Waals surface area contributed by atoms with Crippen molar-refractivity contribution < 1.29 is 9.47 Å². The topological polar surface area (TPSA) is 53.4 Å². The number of ether oxygens (including phenoxy) is 2. The lowest BCUT2D eigenvalue weighted by atomic mass is 10.1. The van der Waals surface area contributed by atoms with Crippen LogP contribution >= 0.6 is 23.1 Å². The molecule has 4 aromatic rings. The fourth-order valence-electron chi connectivity index (χ4n) is 3.55. The van der Waals surface area contributed by atoms with Crippen LogP contribution in [-0.4, -0.2) is 29.0 Å². The van der Waals surface area contributed by atoms with Crippen molar-refractivity contribution in [2.75, 3.05) is 19.5 Å². The van der Waals surface area contributed by atoms with Gasteiger partial charge in [0.25, 0.3) is 5.56 Å². The fraction of sp³-hybridized carbons (Fsp3) is 0.250. The van der Waals surface area contributed by atoms with Crippen molar-refractivity contribution in [3.05, 3.63) is 75.9 Å². The van der Waals surface area contributed by atoms with E-state index in [1.54, 1.807) is 23.0 Å². The largest absolute Gasteiger partial charge is 0.497 e. The van der Waals surface area contributed by atoms with Crippen LogP contribution in [-0.2, 0) is 0 Å². The van der Waals surface area contributed by atoms with Crippen molar-refractivity contribution >= 4 is 33.3 Å². The molecule has 31 heavy (non-hydrogen) atoms. The summed E-state index contributed by atoms with van der Waals surface area (Å²) < 4.78 is 12.8. The number of fused-ring (bicyclic) bond motifs is 1. The van der Waals surface area contributed by atoms with Crippen LogP contribution in [0.2, 0.25) is 0 Å². The molecule has 7 heteroatoms. The number of methoxy groups -OCH3 is 1. The van der Waals surface area contributed by atoms with Gasteiger partial charge in [-0.15, -0.1) is 11.3 Å². The smallest absolute Gasteiger partial charge is 0.267 e. The molecule has 0 saturated heterocycles. The van der Waals surface area contributed by atoms with Gasteiger partial charge in [0.05, 0.1) is 24.8 Å². The monoisotopic (exact) mass is 450 g/mol. The summed E-state index contributed by atoms with van der Waals surface area (Å²) in [5, 5.41) is 3.61. The van der Waals surface area contributed by atoms with E-state index in [9.17, 15) is 4.79 Å². The summed E-state index contributed by atoms with van der Waals surface area (Å²) in [6.45, 7) is 0.511. The molecule has 5 nitrogen and oxygen atoms in total. The Labute approximate surface area is 188 Å². The van der Waals surface area contributed by atoms with Crippen molar-refractivity contribution in [1.82, 2.24) is 9.55 Å². The van der Waals surface area contributed by atoms with Crippen LogP contribution in [0.4, 0.5) is 0 Å². The minimum Gasteiger partial charge on any atom is -0.497 e. The van der Waals surface area contributed by atoms with Crippen molar-refractivity contribution in [2.45, 2.75) is 23.9 Å². The van der Waals surface area contributed by atoms with Crippen LogP contribution in [0.5, 0.6) is 11.5 Å². The van der Waals surface area contributed by atoms with Crippen molar-refractivity contribution in [1.29, 1.82) is 0 Å². The van der Waals surface area contributed by atoms with Gasteiger partial charge in [-0.1, -0.05) is 30.0 Å². The van der Waals surface area contributed by atoms with E-state index in [4.69, 9.17) is 14.5 Å². The molecule has 0 radical (unpaired) electrons. The lowest BCUT2D eigenvalue weighted by Crippen LogP contribution is -2.22. The average Bonchev–Trinajstić information content (AvgIpc) is 3.57. The third-order valence-corrected chi connectivity index (χ3v) is 7.07. The first-order valence-electron chi connectivity index (χ1n) is 10.2. The summed E-state index contributed by atoms with van der Waals surface area (Å²) in [7, 11) is 1.64. The highest BCUT2D eigenvalue weighted by Crippen LogP contribution is 2.44. The highest BCUT2D eigenvalue weighted by molar-refractivity contribution is 7.99. The quantitative estimate of drug-likeness (QED) is 0.201. The zero-order valence-electron chi connectivity index (χ0n) is 17.1. The molecule has 0 bridgehead atoms. The summed E-state index contributed by atoms with van der Waals surface area (Å²) in [5.41, 5.74) is 2.04. The average molecular weight is 451 g/mol. The first kappa shape index (κ1) is 20.2. The summed E-state index contributed by atoms with van der Waals surface area (Å²) >= 11 is 3.11. The number of thiophene rings is 1. The molecule has 0 atom stereocenters. The molecule has 0 aliphatic heterocycles. The van der Waals surface area contributed by atoms with Crippen molar-refractivity contribution in [3.63, 3.8) is 0 Å². The maximum absolute atomic E-state index is 13.6. The van der Waals surface area contributed by atoms with Gasteiger partial charge in [0.2, 0.25) is 0 Å². The van der Waals surface area contributed by atoms with E-state index >= 15 is 0 Å². The molecule has 2 aromatic carbocycles. The molecule has 0 unspecified atom stereocenters. The van der Waals surface area contributed by atoms with Gasteiger partial charge >= 0.3 is 0 Å².